The van der Waals surface area contributed by atoms with Crippen molar-refractivity contribution >= 4 is 11.6 Å². The van der Waals surface area contributed by atoms with Crippen LogP contribution in [0.15, 0.2) is 24.3 Å². The molecular formula is C21H31N3O2. The fraction of sp³-hybridized carbons (Fsp3) is 0.667. The lowest BCUT2D eigenvalue weighted by atomic mass is 9.85. The molecule has 1 amide bonds. The summed E-state index contributed by atoms with van der Waals surface area (Å²) in [6.07, 6.45) is 6.10. The maximum absolute atomic E-state index is 12.6. The van der Waals surface area contributed by atoms with E-state index in [2.05, 4.69) is 34.6 Å². The lowest BCUT2D eigenvalue weighted by molar-refractivity contribution is -0.117. The number of morpholine rings is 1. The predicted molar refractivity (Wildman–Crippen MR) is 103 cm³/mol. The highest BCUT2D eigenvalue weighted by atomic mass is 16.5. The van der Waals surface area contributed by atoms with Crippen LogP contribution in [0.25, 0.3) is 0 Å². The Labute approximate surface area is 156 Å². The second-order valence-electron chi connectivity index (χ2n) is 8.04. The standard InChI is InChI=1S/C21H31N3O2/c1-15(24-10-12-26-13-11-24)16-6-8-18(9-7-16)22-21(25)20-14-17-4-2-3-5-19(17)23-20/h6-9,15,17,19-20,23H,2-5,10-14H2,1H3,(H,22,25). The Morgan fingerprint density at radius 1 is 1.19 bits per heavy atom. The molecule has 0 bridgehead atoms. The number of amides is 1. The van der Waals surface area contributed by atoms with Gasteiger partial charge in [-0.1, -0.05) is 25.0 Å². The molecule has 0 spiro atoms. The van der Waals surface area contributed by atoms with E-state index in [0.717, 1.165) is 38.4 Å². The van der Waals surface area contributed by atoms with E-state index in [4.69, 9.17) is 4.74 Å². The summed E-state index contributed by atoms with van der Waals surface area (Å²) in [4.78, 5) is 15.1. The van der Waals surface area contributed by atoms with Gasteiger partial charge in [-0.15, -0.1) is 0 Å². The van der Waals surface area contributed by atoms with E-state index in [0.29, 0.717) is 18.0 Å². The van der Waals surface area contributed by atoms with Crippen molar-refractivity contribution in [1.29, 1.82) is 0 Å². The largest absolute Gasteiger partial charge is 0.379 e. The van der Waals surface area contributed by atoms with E-state index in [-0.39, 0.29) is 11.9 Å². The summed E-state index contributed by atoms with van der Waals surface area (Å²) in [5.74, 6) is 0.810. The van der Waals surface area contributed by atoms with E-state index in [1.165, 1.54) is 31.2 Å². The predicted octanol–water partition coefficient (Wildman–Crippen LogP) is 2.94. The third kappa shape index (κ3) is 3.95. The summed E-state index contributed by atoms with van der Waals surface area (Å²) >= 11 is 0. The Morgan fingerprint density at radius 3 is 2.65 bits per heavy atom. The minimum Gasteiger partial charge on any atom is -0.379 e. The zero-order chi connectivity index (χ0) is 17.9. The van der Waals surface area contributed by atoms with E-state index in [1.807, 2.05) is 12.1 Å². The van der Waals surface area contributed by atoms with Crippen LogP contribution >= 0.6 is 0 Å². The molecule has 4 rings (SSSR count). The molecule has 2 saturated heterocycles. The van der Waals surface area contributed by atoms with Gasteiger partial charge in [-0.25, -0.2) is 0 Å². The first-order valence-electron chi connectivity index (χ1n) is 10.2. The number of hydrogen-bond donors (Lipinski definition) is 2. The molecule has 4 atom stereocenters. The van der Waals surface area contributed by atoms with Crippen LogP contribution in [-0.2, 0) is 9.53 Å². The van der Waals surface area contributed by atoms with E-state index in [1.54, 1.807) is 0 Å². The van der Waals surface area contributed by atoms with Crippen molar-refractivity contribution in [2.45, 2.75) is 57.2 Å². The number of hydrogen-bond acceptors (Lipinski definition) is 4. The summed E-state index contributed by atoms with van der Waals surface area (Å²) in [5.41, 5.74) is 2.18. The van der Waals surface area contributed by atoms with Crippen molar-refractivity contribution in [2.24, 2.45) is 5.92 Å². The molecule has 26 heavy (non-hydrogen) atoms. The Morgan fingerprint density at radius 2 is 1.92 bits per heavy atom. The molecule has 142 valence electrons. The highest BCUT2D eigenvalue weighted by molar-refractivity contribution is 5.95. The van der Waals surface area contributed by atoms with Gasteiger partial charge in [0.2, 0.25) is 5.91 Å². The number of anilines is 1. The fourth-order valence-corrected chi connectivity index (χ4v) is 4.77. The Hall–Kier alpha value is -1.43. The molecule has 0 radical (unpaired) electrons. The van der Waals surface area contributed by atoms with Gasteiger partial charge in [0.05, 0.1) is 19.3 Å². The molecule has 3 aliphatic rings. The number of carbonyl (C=O) groups is 1. The minimum absolute atomic E-state index is 0.0324. The van der Waals surface area contributed by atoms with Crippen molar-refractivity contribution in [3.8, 4) is 0 Å². The van der Waals surface area contributed by atoms with Gasteiger partial charge < -0.3 is 15.4 Å². The Bertz CT molecular complexity index is 598. The molecule has 0 aromatic heterocycles. The molecule has 3 fully saturated rings. The van der Waals surface area contributed by atoms with Gasteiger partial charge in [0.15, 0.2) is 0 Å². The summed E-state index contributed by atoms with van der Waals surface area (Å²) < 4.78 is 5.44. The number of fused-ring (bicyclic) bond motifs is 1. The molecule has 1 aromatic rings. The lowest BCUT2D eigenvalue weighted by Gasteiger charge is -2.32. The number of nitrogens with one attached hydrogen (secondary N) is 2. The van der Waals surface area contributed by atoms with Crippen LogP contribution in [0.2, 0.25) is 0 Å². The maximum Gasteiger partial charge on any atom is 0.241 e. The van der Waals surface area contributed by atoms with Gasteiger partial charge in [-0.2, -0.15) is 0 Å². The number of rotatable bonds is 4. The topological polar surface area (TPSA) is 53.6 Å². The first-order valence-corrected chi connectivity index (χ1v) is 10.2. The van der Waals surface area contributed by atoms with Crippen LogP contribution in [-0.4, -0.2) is 49.2 Å². The van der Waals surface area contributed by atoms with Crippen molar-refractivity contribution in [2.75, 3.05) is 31.6 Å². The molecule has 1 aliphatic carbocycles. The summed E-state index contributed by atoms with van der Waals surface area (Å²) in [6.45, 7) is 5.83. The maximum atomic E-state index is 12.6. The van der Waals surface area contributed by atoms with Crippen LogP contribution in [0, 0.1) is 5.92 Å². The van der Waals surface area contributed by atoms with Crippen LogP contribution in [0.3, 0.4) is 0 Å². The highest BCUT2D eigenvalue weighted by Crippen LogP contribution is 2.33. The van der Waals surface area contributed by atoms with Gasteiger partial charge in [-0.05, 0) is 49.8 Å². The number of ether oxygens (including phenoxy) is 1. The smallest absolute Gasteiger partial charge is 0.241 e. The molecule has 2 N–H and O–H groups in total. The van der Waals surface area contributed by atoms with Gasteiger partial charge in [0.25, 0.3) is 0 Å². The zero-order valence-corrected chi connectivity index (χ0v) is 15.7. The first-order chi connectivity index (χ1) is 12.7. The average molecular weight is 357 g/mol. The van der Waals surface area contributed by atoms with Crippen LogP contribution < -0.4 is 10.6 Å². The molecule has 1 aromatic carbocycles. The second kappa shape index (κ2) is 8.07. The molecular weight excluding hydrogens is 326 g/mol. The van der Waals surface area contributed by atoms with Crippen LogP contribution in [0.1, 0.15) is 50.6 Å². The van der Waals surface area contributed by atoms with Crippen LogP contribution in [0.4, 0.5) is 5.69 Å². The Kier molecular flexibility index (Phi) is 5.57. The summed E-state index contributed by atoms with van der Waals surface area (Å²) in [6, 6.07) is 9.24. The first kappa shape index (κ1) is 18.0. The number of carbonyl (C=O) groups excluding carboxylic acids is 1. The minimum atomic E-state index is -0.0324. The average Bonchev–Trinajstić information content (AvgIpc) is 3.13. The van der Waals surface area contributed by atoms with E-state index >= 15 is 0 Å². The molecule has 1 saturated carbocycles. The monoisotopic (exact) mass is 357 g/mol. The fourth-order valence-electron chi connectivity index (χ4n) is 4.77. The summed E-state index contributed by atoms with van der Waals surface area (Å²) in [7, 11) is 0. The van der Waals surface area contributed by atoms with E-state index < -0.39 is 0 Å². The molecule has 5 heteroatoms. The molecule has 4 unspecified atom stereocenters. The van der Waals surface area contributed by atoms with Gasteiger partial charge in [0, 0.05) is 30.9 Å². The van der Waals surface area contributed by atoms with Crippen molar-refractivity contribution in [3.63, 3.8) is 0 Å². The third-order valence-corrected chi connectivity index (χ3v) is 6.43. The Balaban J connectivity index is 1.33. The third-order valence-electron chi connectivity index (χ3n) is 6.43. The van der Waals surface area contributed by atoms with Crippen molar-refractivity contribution in [1.82, 2.24) is 10.2 Å². The quantitative estimate of drug-likeness (QED) is 0.870. The van der Waals surface area contributed by atoms with Gasteiger partial charge in [-0.3, -0.25) is 9.69 Å². The van der Waals surface area contributed by atoms with Gasteiger partial charge in [0.1, 0.15) is 0 Å². The van der Waals surface area contributed by atoms with E-state index in [9.17, 15) is 4.79 Å². The number of benzene rings is 1. The second-order valence-corrected chi connectivity index (χ2v) is 8.04. The highest BCUT2D eigenvalue weighted by Gasteiger charge is 2.38. The molecule has 2 heterocycles. The van der Waals surface area contributed by atoms with Crippen LogP contribution in [0.5, 0.6) is 0 Å². The SMILES string of the molecule is CC(c1ccc(NC(=O)C2CC3CCCCC3N2)cc1)N1CCOCC1. The molecule has 5 nitrogen and oxygen atoms in total. The number of nitrogens with zero attached hydrogens (tertiary/aromatic N) is 1. The normalized spacial score (nSPS) is 30.6. The lowest BCUT2D eigenvalue weighted by Crippen LogP contribution is -2.39. The van der Waals surface area contributed by atoms with Gasteiger partial charge >= 0.3 is 0 Å². The molecule has 2 aliphatic heterocycles. The summed E-state index contributed by atoms with van der Waals surface area (Å²) in [5, 5.41) is 6.66. The zero-order valence-electron chi connectivity index (χ0n) is 15.7. The van der Waals surface area contributed by atoms with Crippen molar-refractivity contribution < 1.29 is 9.53 Å². The van der Waals surface area contributed by atoms with Crippen molar-refractivity contribution in [3.05, 3.63) is 29.8 Å².